The van der Waals surface area contributed by atoms with E-state index in [-0.39, 0.29) is 11.4 Å². The number of nitrogens with two attached hydrogens (primary N) is 1. The minimum Gasteiger partial charge on any atom is -0.335 e. The molecule has 1 aromatic carbocycles. The third kappa shape index (κ3) is 2.83. The zero-order valence-electron chi connectivity index (χ0n) is 13.0. The van der Waals surface area contributed by atoms with Crippen LogP contribution in [0.4, 0.5) is 5.69 Å². The lowest BCUT2D eigenvalue weighted by Crippen LogP contribution is -2.44. The molecule has 0 radical (unpaired) electrons. The van der Waals surface area contributed by atoms with Gasteiger partial charge in [0.25, 0.3) is 5.91 Å². The van der Waals surface area contributed by atoms with Crippen LogP contribution in [0.15, 0.2) is 30.3 Å². The first-order valence-electron chi connectivity index (χ1n) is 7.05. The molecule has 0 unspecified atom stereocenters. The van der Waals surface area contributed by atoms with Crippen molar-refractivity contribution in [2.24, 2.45) is 5.84 Å². The first-order valence-corrected chi connectivity index (χ1v) is 7.05. The van der Waals surface area contributed by atoms with Crippen LogP contribution in [-0.2, 0) is 0 Å². The highest BCUT2D eigenvalue weighted by atomic mass is 16.2. The maximum Gasteiger partial charge on any atom is 0.272 e. The van der Waals surface area contributed by atoms with E-state index >= 15 is 0 Å². The molecule has 21 heavy (non-hydrogen) atoms. The number of anilines is 1. The van der Waals surface area contributed by atoms with Gasteiger partial charge in [-0.1, -0.05) is 25.1 Å². The number of para-hydroxylation sites is 1. The van der Waals surface area contributed by atoms with Gasteiger partial charge in [0.2, 0.25) is 0 Å². The average Bonchev–Trinajstić information content (AvgIpc) is 2.52. The third-order valence-electron chi connectivity index (χ3n) is 4.17. The van der Waals surface area contributed by atoms with Crippen LogP contribution in [0.5, 0.6) is 0 Å². The summed E-state index contributed by atoms with van der Waals surface area (Å²) in [7, 11) is 1.80. The molecule has 112 valence electrons. The number of aromatic nitrogens is 1. The molecule has 0 atom stereocenters. The van der Waals surface area contributed by atoms with Crippen molar-refractivity contribution in [1.29, 1.82) is 0 Å². The van der Waals surface area contributed by atoms with Crippen LogP contribution in [0.1, 0.15) is 37.7 Å². The van der Waals surface area contributed by atoms with Crippen molar-refractivity contribution in [3.05, 3.63) is 36.0 Å². The summed E-state index contributed by atoms with van der Waals surface area (Å²) in [6.45, 7) is 6.13. The summed E-state index contributed by atoms with van der Waals surface area (Å²) >= 11 is 0. The predicted octanol–water partition coefficient (Wildman–Crippen LogP) is 2.78. The highest BCUT2D eigenvalue weighted by Crippen LogP contribution is 2.24. The van der Waals surface area contributed by atoms with Crippen molar-refractivity contribution in [2.75, 3.05) is 12.5 Å². The second kappa shape index (κ2) is 5.69. The van der Waals surface area contributed by atoms with Gasteiger partial charge in [0, 0.05) is 18.0 Å². The van der Waals surface area contributed by atoms with E-state index in [0.717, 1.165) is 17.3 Å². The van der Waals surface area contributed by atoms with Gasteiger partial charge in [-0.25, -0.2) is 4.98 Å². The molecule has 5 nitrogen and oxygen atoms in total. The second-order valence-electron chi connectivity index (χ2n) is 5.75. The number of benzene rings is 1. The number of fused-ring (bicyclic) bond motifs is 1. The zero-order valence-corrected chi connectivity index (χ0v) is 13.0. The van der Waals surface area contributed by atoms with Crippen LogP contribution < -0.4 is 11.3 Å². The summed E-state index contributed by atoms with van der Waals surface area (Å²) in [6.07, 6.45) is 0.866. The van der Waals surface area contributed by atoms with E-state index in [1.54, 1.807) is 18.0 Å². The van der Waals surface area contributed by atoms with Crippen molar-refractivity contribution >= 4 is 22.5 Å². The van der Waals surface area contributed by atoms with E-state index in [2.05, 4.69) is 17.3 Å². The molecule has 0 aliphatic carbocycles. The quantitative estimate of drug-likeness (QED) is 0.669. The molecule has 0 saturated heterocycles. The van der Waals surface area contributed by atoms with Crippen molar-refractivity contribution in [1.82, 2.24) is 9.88 Å². The number of hydrazine groups is 1. The van der Waals surface area contributed by atoms with Crippen LogP contribution in [0.2, 0.25) is 0 Å². The standard InChI is InChI=1S/C16H22N4O/c1-5-16(2,3)20(4)15(21)14-10-13(19-17)11-8-6-7-9-12(11)18-14/h6-10H,5,17H2,1-4H3,(H,18,19). The van der Waals surface area contributed by atoms with Gasteiger partial charge < -0.3 is 10.3 Å². The fourth-order valence-corrected chi connectivity index (χ4v) is 2.09. The van der Waals surface area contributed by atoms with E-state index in [4.69, 9.17) is 5.84 Å². The Morgan fingerprint density at radius 1 is 1.38 bits per heavy atom. The minimum absolute atomic E-state index is 0.107. The highest BCUT2D eigenvalue weighted by Gasteiger charge is 2.27. The molecule has 0 saturated carbocycles. The molecule has 1 heterocycles. The SMILES string of the molecule is CCC(C)(C)N(C)C(=O)c1cc(NN)c2ccccc2n1. The molecule has 5 heteroatoms. The molecule has 1 aromatic heterocycles. The Labute approximate surface area is 125 Å². The molecule has 0 aliphatic rings. The Kier molecular flexibility index (Phi) is 4.14. The van der Waals surface area contributed by atoms with Gasteiger partial charge in [-0.15, -0.1) is 0 Å². The van der Waals surface area contributed by atoms with Crippen LogP contribution in [-0.4, -0.2) is 28.4 Å². The molecule has 2 aromatic rings. The summed E-state index contributed by atoms with van der Waals surface area (Å²) in [5.41, 5.74) is 4.27. The molecular weight excluding hydrogens is 264 g/mol. The molecule has 0 spiro atoms. The number of hydrogen-bond donors (Lipinski definition) is 2. The lowest BCUT2D eigenvalue weighted by Gasteiger charge is -2.34. The summed E-state index contributed by atoms with van der Waals surface area (Å²) in [4.78, 5) is 18.8. The summed E-state index contributed by atoms with van der Waals surface area (Å²) in [5.74, 6) is 5.46. The van der Waals surface area contributed by atoms with Crippen LogP contribution in [0.25, 0.3) is 10.9 Å². The van der Waals surface area contributed by atoms with Crippen LogP contribution >= 0.6 is 0 Å². The normalized spacial score (nSPS) is 11.5. The average molecular weight is 286 g/mol. The number of nitrogens with zero attached hydrogens (tertiary/aromatic N) is 2. The monoisotopic (exact) mass is 286 g/mol. The molecule has 0 bridgehead atoms. The van der Waals surface area contributed by atoms with Gasteiger partial charge in [-0.3, -0.25) is 10.6 Å². The van der Waals surface area contributed by atoms with E-state index in [1.807, 2.05) is 38.1 Å². The maximum atomic E-state index is 12.7. The minimum atomic E-state index is -0.222. The Bertz CT molecular complexity index is 666. The Morgan fingerprint density at radius 2 is 2.05 bits per heavy atom. The van der Waals surface area contributed by atoms with Crippen molar-refractivity contribution < 1.29 is 4.79 Å². The number of nitrogen functional groups attached to an aromatic ring is 1. The number of carbonyl (C=O) groups is 1. The van der Waals surface area contributed by atoms with Crippen molar-refractivity contribution in [3.8, 4) is 0 Å². The topological polar surface area (TPSA) is 71.2 Å². The maximum absolute atomic E-state index is 12.7. The third-order valence-corrected chi connectivity index (χ3v) is 4.17. The lowest BCUT2D eigenvalue weighted by molar-refractivity contribution is 0.0614. The summed E-state index contributed by atoms with van der Waals surface area (Å²) < 4.78 is 0. The van der Waals surface area contributed by atoms with Gasteiger partial charge in [-0.2, -0.15) is 0 Å². The van der Waals surface area contributed by atoms with Gasteiger partial charge in [0.1, 0.15) is 5.69 Å². The van der Waals surface area contributed by atoms with E-state index in [9.17, 15) is 4.79 Å². The van der Waals surface area contributed by atoms with E-state index in [1.165, 1.54) is 0 Å². The van der Waals surface area contributed by atoms with Gasteiger partial charge >= 0.3 is 0 Å². The lowest BCUT2D eigenvalue weighted by atomic mass is 9.99. The number of carbonyl (C=O) groups excluding carboxylic acids is 1. The molecule has 0 fully saturated rings. The Hall–Kier alpha value is -2.14. The number of amides is 1. The molecule has 1 amide bonds. The summed E-state index contributed by atoms with van der Waals surface area (Å²) in [5, 5.41) is 0.897. The van der Waals surface area contributed by atoms with E-state index in [0.29, 0.717) is 11.4 Å². The molecule has 0 aliphatic heterocycles. The second-order valence-corrected chi connectivity index (χ2v) is 5.75. The number of pyridine rings is 1. The number of rotatable bonds is 4. The first-order chi connectivity index (χ1) is 9.90. The number of hydrogen-bond acceptors (Lipinski definition) is 4. The highest BCUT2D eigenvalue weighted by molar-refractivity contribution is 5.99. The Morgan fingerprint density at radius 3 is 2.67 bits per heavy atom. The van der Waals surface area contributed by atoms with Gasteiger partial charge in [0.15, 0.2) is 0 Å². The largest absolute Gasteiger partial charge is 0.335 e. The predicted molar refractivity (Wildman–Crippen MR) is 86.0 cm³/mol. The van der Waals surface area contributed by atoms with Gasteiger partial charge in [0.05, 0.1) is 11.2 Å². The van der Waals surface area contributed by atoms with Crippen molar-refractivity contribution in [3.63, 3.8) is 0 Å². The smallest absolute Gasteiger partial charge is 0.272 e. The van der Waals surface area contributed by atoms with Crippen molar-refractivity contribution in [2.45, 2.75) is 32.7 Å². The first kappa shape index (κ1) is 15.3. The van der Waals surface area contributed by atoms with Gasteiger partial charge in [-0.05, 0) is 32.4 Å². The number of nitrogens with one attached hydrogen (secondary N) is 1. The molecule has 3 N–H and O–H groups in total. The summed E-state index contributed by atoms with van der Waals surface area (Å²) in [6, 6.07) is 9.30. The van der Waals surface area contributed by atoms with E-state index < -0.39 is 0 Å². The fraction of sp³-hybridized carbons (Fsp3) is 0.375. The fourth-order valence-electron chi connectivity index (χ4n) is 2.09. The zero-order chi connectivity index (χ0) is 15.6. The van der Waals surface area contributed by atoms with Crippen LogP contribution in [0.3, 0.4) is 0 Å². The Balaban J connectivity index is 2.49. The van der Waals surface area contributed by atoms with Crippen LogP contribution in [0, 0.1) is 0 Å². The molecular formula is C16H22N4O. The molecule has 2 rings (SSSR count).